The predicted molar refractivity (Wildman–Crippen MR) is 76.7 cm³/mol. The number of benzene rings is 1. The van der Waals surface area contributed by atoms with E-state index >= 15 is 0 Å². The SMILES string of the molecule is CC(CNC(=O)[C@H]1NCCO[C@@H]1C)Oc1ccccc1F. The molecule has 1 heterocycles. The maximum Gasteiger partial charge on any atom is 0.239 e. The van der Waals surface area contributed by atoms with E-state index in [1.54, 1.807) is 25.1 Å². The monoisotopic (exact) mass is 296 g/mol. The van der Waals surface area contributed by atoms with Gasteiger partial charge in [-0.3, -0.25) is 4.79 Å². The molecule has 2 N–H and O–H groups in total. The third kappa shape index (κ3) is 4.41. The minimum absolute atomic E-state index is 0.133. The first-order chi connectivity index (χ1) is 10.1. The summed E-state index contributed by atoms with van der Waals surface area (Å²) in [5.74, 6) is -0.357. The lowest BCUT2D eigenvalue weighted by molar-refractivity contribution is -0.129. The Bertz CT molecular complexity index is 484. The van der Waals surface area contributed by atoms with Gasteiger partial charge in [0.25, 0.3) is 0 Å². The van der Waals surface area contributed by atoms with E-state index in [0.29, 0.717) is 19.7 Å². The van der Waals surface area contributed by atoms with Crippen molar-refractivity contribution < 1.29 is 18.7 Å². The second-order valence-electron chi connectivity index (χ2n) is 5.11. The highest BCUT2D eigenvalue weighted by atomic mass is 19.1. The molecule has 1 amide bonds. The molecule has 116 valence electrons. The zero-order chi connectivity index (χ0) is 15.2. The van der Waals surface area contributed by atoms with Crippen LogP contribution in [0.2, 0.25) is 0 Å². The number of rotatable bonds is 5. The van der Waals surface area contributed by atoms with Crippen LogP contribution in [0.25, 0.3) is 0 Å². The molecule has 0 spiro atoms. The summed E-state index contributed by atoms with van der Waals surface area (Å²) in [6.45, 7) is 5.20. The zero-order valence-corrected chi connectivity index (χ0v) is 12.3. The summed E-state index contributed by atoms with van der Waals surface area (Å²) in [6, 6.07) is 5.84. The number of hydrogen-bond donors (Lipinski definition) is 2. The summed E-state index contributed by atoms with van der Waals surface area (Å²) in [5, 5.41) is 5.91. The average Bonchev–Trinajstić information content (AvgIpc) is 2.48. The number of amides is 1. The zero-order valence-electron chi connectivity index (χ0n) is 12.3. The van der Waals surface area contributed by atoms with Gasteiger partial charge in [0, 0.05) is 6.54 Å². The van der Waals surface area contributed by atoms with Crippen LogP contribution in [0.15, 0.2) is 24.3 Å². The van der Waals surface area contributed by atoms with Crippen LogP contribution in [0.1, 0.15) is 13.8 Å². The molecule has 1 unspecified atom stereocenters. The summed E-state index contributed by atoms with van der Waals surface area (Å²) in [5.41, 5.74) is 0. The molecule has 0 saturated carbocycles. The minimum atomic E-state index is -0.411. The van der Waals surface area contributed by atoms with Gasteiger partial charge in [-0.1, -0.05) is 12.1 Å². The van der Waals surface area contributed by atoms with E-state index in [-0.39, 0.29) is 29.9 Å². The van der Waals surface area contributed by atoms with Gasteiger partial charge in [0.15, 0.2) is 11.6 Å². The Morgan fingerprint density at radius 2 is 2.33 bits per heavy atom. The fourth-order valence-electron chi connectivity index (χ4n) is 2.18. The Balaban J connectivity index is 1.79. The summed E-state index contributed by atoms with van der Waals surface area (Å²) in [4.78, 5) is 12.0. The van der Waals surface area contributed by atoms with Crippen molar-refractivity contribution in [2.75, 3.05) is 19.7 Å². The Morgan fingerprint density at radius 1 is 1.57 bits per heavy atom. The highest BCUT2D eigenvalue weighted by molar-refractivity contribution is 5.82. The van der Waals surface area contributed by atoms with E-state index in [0.717, 1.165) is 0 Å². The maximum absolute atomic E-state index is 13.5. The van der Waals surface area contributed by atoms with Crippen LogP contribution in [-0.2, 0) is 9.53 Å². The van der Waals surface area contributed by atoms with Crippen molar-refractivity contribution >= 4 is 5.91 Å². The molecule has 1 aromatic rings. The van der Waals surface area contributed by atoms with E-state index in [1.807, 2.05) is 6.92 Å². The summed E-state index contributed by atoms with van der Waals surface area (Å²) in [7, 11) is 0. The fraction of sp³-hybridized carbons (Fsp3) is 0.533. The number of morpholine rings is 1. The van der Waals surface area contributed by atoms with Gasteiger partial charge >= 0.3 is 0 Å². The second kappa shape index (κ2) is 7.38. The highest BCUT2D eigenvalue weighted by Gasteiger charge is 2.28. The van der Waals surface area contributed by atoms with Crippen molar-refractivity contribution in [1.29, 1.82) is 0 Å². The van der Waals surface area contributed by atoms with E-state index in [2.05, 4.69) is 10.6 Å². The van der Waals surface area contributed by atoms with Crippen molar-refractivity contribution in [2.24, 2.45) is 0 Å². The third-order valence-electron chi connectivity index (χ3n) is 3.33. The van der Waals surface area contributed by atoms with Crippen molar-refractivity contribution in [1.82, 2.24) is 10.6 Å². The van der Waals surface area contributed by atoms with Gasteiger partial charge in [-0.2, -0.15) is 0 Å². The Hall–Kier alpha value is -1.66. The molecule has 0 aliphatic carbocycles. The molecule has 0 radical (unpaired) electrons. The second-order valence-corrected chi connectivity index (χ2v) is 5.11. The van der Waals surface area contributed by atoms with Crippen LogP contribution in [0.4, 0.5) is 4.39 Å². The van der Waals surface area contributed by atoms with Crippen LogP contribution in [-0.4, -0.2) is 43.9 Å². The molecule has 1 fully saturated rings. The van der Waals surface area contributed by atoms with Gasteiger partial charge < -0.3 is 20.1 Å². The highest BCUT2D eigenvalue weighted by Crippen LogP contribution is 2.16. The average molecular weight is 296 g/mol. The molecule has 1 aliphatic heterocycles. The Morgan fingerprint density at radius 3 is 3.05 bits per heavy atom. The first kappa shape index (κ1) is 15.7. The number of carbonyl (C=O) groups excluding carboxylic acids is 1. The fourth-order valence-corrected chi connectivity index (χ4v) is 2.18. The lowest BCUT2D eigenvalue weighted by Gasteiger charge is -2.29. The molecule has 5 nitrogen and oxygen atoms in total. The van der Waals surface area contributed by atoms with Gasteiger partial charge in [-0.05, 0) is 26.0 Å². The molecule has 2 rings (SSSR count). The summed E-state index contributed by atoms with van der Waals surface area (Å²) >= 11 is 0. The molecule has 6 heteroatoms. The number of para-hydroxylation sites is 1. The number of carbonyl (C=O) groups is 1. The lowest BCUT2D eigenvalue weighted by atomic mass is 10.1. The van der Waals surface area contributed by atoms with Crippen LogP contribution in [0.5, 0.6) is 5.75 Å². The molecule has 3 atom stereocenters. The third-order valence-corrected chi connectivity index (χ3v) is 3.33. The molecule has 1 aromatic carbocycles. The summed E-state index contributed by atoms with van der Waals surface area (Å²) < 4.78 is 24.3. The number of ether oxygens (including phenoxy) is 2. The minimum Gasteiger partial charge on any atom is -0.486 e. The molecule has 21 heavy (non-hydrogen) atoms. The number of nitrogens with one attached hydrogen (secondary N) is 2. The van der Waals surface area contributed by atoms with Crippen LogP contribution in [0, 0.1) is 5.82 Å². The van der Waals surface area contributed by atoms with Crippen LogP contribution >= 0.6 is 0 Å². The van der Waals surface area contributed by atoms with Gasteiger partial charge in [0.1, 0.15) is 12.1 Å². The smallest absolute Gasteiger partial charge is 0.239 e. The molecule has 1 saturated heterocycles. The van der Waals surface area contributed by atoms with E-state index in [9.17, 15) is 9.18 Å². The van der Waals surface area contributed by atoms with Crippen LogP contribution < -0.4 is 15.4 Å². The predicted octanol–water partition coefficient (Wildman–Crippen LogP) is 1.09. The normalized spacial score (nSPS) is 23.4. The molecule has 0 bridgehead atoms. The molecule has 0 aromatic heterocycles. The lowest BCUT2D eigenvalue weighted by Crippen LogP contribution is -2.56. The largest absolute Gasteiger partial charge is 0.486 e. The van der Waals surface area contributed by atoms with E-state index in [1.165, 1.54) is 6.07 Å². The quantitative estimate of drug-likeness (QED) is 0.854. The maximum atomic E-state index is 13.5. The molecule has 1 aliphatic rings. The number of hydrogen-bond acceptors (Lipinski definition) is 4. The van der Waals surface area contributed by atoms with Gasteiger partial charge in [0.2, 0.25) is 5.91 Å². The Kier molecular flexibility index (Phi) is 5.52. The van der Waals surface area contributed by atoms with Crippen LogP contribution in [0.3, 0.4) is 0 Å². The number of halogens is 1. The summed E-state index contributed by atoms with van der Waals surface area (Å²) in [6.07, 6.45) is -0.493. The van der Waals surface area contributed by atoms with Gasteiger partial charge in [0.05, 0.1) is 19.3 Å². The topological polar surface area (TPSA) is 59.6 Å². The Labute approximate surface area is 123 Å². The molecular formula is C15H21FN2O3. The first-order valence-corrected chi connectivity index (χ1v) is 7.12. The van der Waals surface area contributed by atoms with E-state index < -0.39 is 5.82 Å². The first-order valence-electron chi connectivity index (χ1n) is 7.12. The van der Waals surface area contributed by atoms with Gasteiger partial charge in [-0.25, -0.2) is 4.39 Å². The van der Waals surface area contributed by atoms with Crippen molar-refractivity contribution in [3.8, 4) is 5.75 Å². The van der Waals surface area contributed by atoms with Crippen molar-refractivity contribution in [2.45, 2.75) is 32.1 Å². The van der Waals surface area contributed by atoms with Crippen molar-refractivity contribution in [3.63, 3.8) is 0 Å². The molecular weight excluding hydrogens is 275 g/mol. The standard InChI is InChI=1S/C15H21FN2O3/c1-10(21-13-6-4-3-5-12(13)16)9-18-15(19)14-11(2)20-8-7-17-14/h3-6,10-11,14,17H,7-9H2,1-2H3,(H,18,19)/t10?,11-,14+/m1/s1. The van der Waals surface area contributed by atoms with Crippen molar-refractivity contribution in [3.05, 3.63) is 30.1 Å². The van der Waals surface area contributed by atoms with Gasteiger partial charge in [-0.15, -0.1) is 0 Å². The van der Waals surface area contributed by atoms with E-state index in [4.69, 9.17) is 9.47 Å².